The number of aromatic nitrogens is 2. The van der Waals surface area contributed by atoms with Crippen LogP contribution in [-0.2, 0) is 4.74 Å². The highest BCUT2D eigenvalue weighted by Crippen LogP contribution is 2.24. The quantitative estimate of drug-likeness (QED) is 0.614. The van der Waals surface area contributed by atoms with Gasteiger partial charge in [0, 0.05) is 18.2 Å². The second-order valence-corrected chi connectivity index (χ2v) is 4.99. The zero-order valence-electron chi connectivity index (χ0n) is 12.0. The van der Waals surface area contributed by atoms with E-state index in [1.54, 1.807) is 0 Å². The van der Waals surface area contributed by atoms with Gasteiger partial charge >= 0.3 is 0 Å². The summed E-state index contributed by atoms with van der Waals surface area (Å²) in [4.78, 5) is 10.8. The van der Waals surface area contributed by atoms with Crippen LogP contribution in [0.5, 0.6) is 0 Å². The van der Waals surface area contributed by atoms with Crippen LogP contribution in [0.1, 0.15) is 25.2 Å². The molecule has 0 aliphatic carbocycles. The number of aryl methyl sites for hydroxylation is 1. The van der Waals surface area contributed by atoms with E-state index in [2.05, 4.69) is 28.7 Å². The van der Waals surface area contributed by atoms with E-state index in [1.165, 1.54) is 0 Å². The number of aliphatic hydroxyl groups excluding tert-OH is 1. The molecule has 0 spiro atoms. The van der Waals surface area contributed by atoms with Gasteiger partial charge in [-0.3, -0.25) is 0 Å². The molecule has 108 valence electrons. The molecule has 0 aliphatic rings. The van der Waals surface area contributed by atoms with E-state index in [4.69, 9.17) is 21.4 Å². The summed E-state index contributed by atoms with van der Waals surface area (Å²) in [6, 6.07) is 0.279. The fourth-order valence-corrected chi connectivity index (χ4v) is 2.00. The summed E-state index contributed by atoms with van der Waals surface area (Å²) in [5, 5.41) is 9.19. The zero-order chi connectivity index (χ0) is 14.4. The minimum absolute atomic E-state index is 0.0408. The summed E-state index contributed by atoms with van der Waals surface area (Å²) in [5.41, 5.74) is 0.878. The van der Waals surface area contributed by atoms with E-state index in [9.17, 15) is 0 Å². The molecule has 5 nitrogen and oxygen atoms in total. The summed E-state index contributed by atoms with van der Waals surface area (Å²) in [7, 11) is 0. The van der Waals surface area contributed by atoms with Gasteiger partial charge in [-0.15, -0.1) is 0 Å². The standard InChI is InChI=1S/C13H22ClN3O2/c1-9(2)17(5-7-19-8-6-18)13-10(3)12(14)15-11(4)16-13/h9,18H,5-8H2,1-4H3. The van der Waals surface area contributed by atoms with E-state index in [1.807, 2.05) is 13.8 Å². The van der Waals surface area contributed by atoms with Crippen LogP contribution in [0.2, 0.25) is 5.15 Å². The maximum Gasteiger partial charge on any atom is 0.137 e. The van der Waals surface area contributed by atoms with Crippen LogP contribution in [0.4, 0.5) is 5.82 Å². The second-order valence-electron chi connectivity index (χ2n) is 4.63. The molecule has 0 radical (unpaired) electrons. The molecular weight excluding hydrogens is 266 g/mol. The molecule has 1 rings (SSSR count). The van der Waals surface area contributed by atoms with E-state index in [-0.39, 0.29) is 12.6 Å². The number of anilines is 1. The van der Waals surface area contributed by atoms with Gasteiger partial charge in [0.1, 0.15) is 16.8 Å². The van der Waals surface area contributed by atoms with Crippen molar-refractivity contribution in [3.8, 4) is 0 Å². The number of halogens is 1. The first-order chi connectivity index (χ1) is 8.97. The van der Waals surface area contributed by atoms with Gasteiger partial charge in [-0.2, -0.15) is 0 Å². The third-order valence-corrected chi connectivity index (χ3v) is 3.15. The van der Waals surface area contributed by atoms with Crippen LogP contribution in [0, 0.1) is 13.8 Å². The third-order valence-electron chi connectivity index (χ3n) is 2.78. The highest BCUT2D eigenvalue weighted by atomic mass is 35.5. The molecule has 0 amide bonds. The first-order valence-corrected chi connectivity index (χ1v) is 6.81. The summed E-state index contributed by atoms with van der Waals surface area (Å²) < 4.78 is 5.32. The van der Waals surface area contributed by atoms with E-state index in [0.29, 0.717) is 30.7 Å². The molecule has 1 N–H and O–H groups in total. The summed E-state index contributed by atoms with van der Waals surface area (Å²) in [5.74, 6) is 1.51. The SMILES string of the molecule is Cc1nc(Cl)c(C)c(N(CCOCCO)C(C)C)n1. The molecule has 0 aromatic carbocycles. The number of nitrogens with zero attached hydrogens (tertiary/aromatic N) is 3. The average Bonchev–Trinajstić information content (AvgIpc) is 2.34. The maximum absolute atomic E-state index is 8.70. The van der Waals surface area contributed by atoms with Crippen molar-refractivity contribution in [3.63, 3.8) is 0 Å². The molecule has 0 saturated heterocycles. The largest absolute Gasteiger partial charge is 0.394 e. The molecule has 1 heterocycles. The molecule has 1 aromatic heterocycles. The van der Waals surface area contributed by atoms with E-state index in [0.717, 1.165) is 11.4 Å². The summed E-state index contributed by atoms with van der Waals surface area (Å²) >= 11 is 6.11. The fourth-order valence-electron chi connectivity index (χ4n) is 1.80. The Bertz CT molecular complexity index is 413. The Kier molecular flexibility index (Phi) is 6.48. The van der Waals surface area contributed by atoms with Crippen LogP contribution < -0.4 is 4.90 Å². The normalized spacial score (nSPS) is 11.1. The molecule has 0 aliphatic heterocycles. The number of hydrogen-bond acceptors (Lipinski definition) is 5. The van der Waals surface area contributed by atoms with Crippen LogP contribution in [0.15, 0.2) is 0 Å². The lowest BCUT2D eigenvalue weighted by molar-refractivity contribution is 0.0960. The Hall–Kier alpha value is -0.910. The Morgan fingerprint density at radius 1 is 1.26 bits per heavy atom. The molecule has 0 saturated carbocycles. The van der Waals surface area contributed by atoms with Crippen molar-refractivity contribution < 1.29 is 9.84 Å². The van der Waals surface area contributed by atoms with Gasteiger partial charge in [0.25, 0.3) is 0 Å². The van der Waals surface area contributed by atoms with Crippen LogP contribution >= 0.6 is 11.6 Å². The third kappa shape index (κ3) is 4.60. The van der Waals surface area contributed by atoms with Crippen LogP contribution in [0.25, 0.3) is 0 Å². The van der Waals surface area contributed by atoms with E-state index >= 15 is 0 Å². The first-order valence-electron chi connectivity index (χ1n) is 6.43. The van der Waals surface area contributed by atoms with Crippen molar-refractivity contribution in [2.24, 2.45) is 0 Å². The number of rotatable bonds is 7. The van der Waals surface area contributed by atoms with Gasteiger partial charge in [0.05, 0.1) is 19.8 Å². The average molecular weight is 288 g/mol. The second kappa shape index (κ2) is 7.62. The van der Waals surface area contributed by atoms with Gasteiger partial charge in [-0.1, -0.05) is 11.6 Å². The molecule has 0 unspecified atom stereocenters. The van der Waals surface area contributed by atoms with Crippen molar-refractivity contribution in [3.05, 3.63) is 16.5 Å². The highest BCUT2D eigenvalue weighted by Gasteiger charge is 2.17. The van der Waals surface area contributed by atoms with Gasteiger partial charge in [0.2, 0.25) is 0 Å². The lowest BCUT2D eigenvalue weighted by Crippen LogP contribution is -2.35. The molecule has 0 bridgehead atoms. The van der Waals surface area contributed by atoms with Gasteiger partial charge in [-0.05, 0) is 27.7 Å². The van der Waals surface area contributed by atoms with Crippen molar-refractivity contribution in [1.82, 2.24) is 9.97 Å². The van der Waals surface area contributed by atoms with Gasteiger partial charge < -0.3 is 14.7 Å². The predicted octanol–water partition coefficient (Wildman–Crippen LogP) is 1.97. The molecule has 0 fully saturated rings. The molecular formula is C13H22ClN3O2. The lowest BCUT2D eigenvalue weighted by Gasteiger charge is -2.29. The Labute approximate surface area is 119 Å². The van der Waals surface area contributed by atoms with Crippen LogP contribution in [0.3, 0.4) is 0 Å². The van der Waals surface area contributed by atoms with Gasteiger partial charge in [-0.25, -0.2) is 9.97 Å². The van der Waals surface area contributed by atoms with Crippen molar-refractivity contribution in [1.29, 1.82) is 0 Å². The predicted molar refractivity (Wildman–Crippen MR) is 76.9 cm³/mol. The molecule has 6 heteroatoms. The van der Waals surface area contributed by atoms with E-state index < -0.39 is 0 Å². The van der Waals surface area contributed by atoms with Gasteiger partial charge in [0.15, 0.2) is 0 Å². The molecule has 0 atom stereocenters. The molecule has 1 aromatic rings. The monoisotopic (exact) mass is 287 g/mol. The highest BCUT2D eigenvalue weighted by molar-refractivity contribution is 6.30. The smallest absolute Gasteiger partial charge is 0.137 e. The maximum atomic E-state index is 8.70. The lowest BCUT2D eigenvalue weighted by atomic mass is 10.2. The Balaban J connectivity index is 2.87. The zero-order valence-corrected chi connectivity index (χ0v) is 12.7. The number of hydrogen-bond donors (Lipinski definition) is 1. The fraction of sp³-hybridized carbons (Fsp3) is 0.692. The van der Waals surface area contributed by atoms with Crippen LogP contribution in [-0.4, -0.2) is 47.5 Å². The van der Waals surface area contributed by atoms with Crippen molar-refractivity contribution >= 4 is 17.4 Å². The Morgan fingerprint density at radius 3 is 2.53 bits per heavy atom. The minimum Gasteiger partial charge on any atom is -0.394 e. The van der Waals surface area contributed by atoms with Crippen molar-refractivity contribution in [2.45, 2.75) is 33.7 Å². The summed E-state index contributed by atoms with van der Waals surface area (Å²) in [6.45, 7) is 9.57. The number of ether oxygens (including phenoxy) is 1. The topological polar surface area (TPSA) is 58.5 Å². The minimum atomic E-state index is 0.0408. The molecule has 19 heavy (non-hydrogen) atoms. The number of aliphatic hydroxyl groups is 1. The van der Waals surface area contributed by atoms with Crippen molar-refractivity contribution in [2.75, 3.05) is 31.3 Å². The Morgan fingerprint density at radius 2 is 1.95 bits per heavy atom. The first kappa shape index (κ1) is 16.1. The summed E-state index contributed by atoms with van der Waals surface area (Å²) in [6.07, 6.45) is 0.